The van der Waals surface area contributed by atoms with Gasteiger partial charge in [0.25, 0.3) is 0 Å². The number of aliphatic imine (C=N–C) groups is 1. The molecule has 0 unspecified atom stereocenters. The summed E-state index contributed by atoms with van der Waals surface area (Å²) >= 11 is 1.59. The van der Waals surface area contributed by atoms with Crippen LogP contribution in [0.5, 0.6) is 0 Å². The molecule has 1 aromatic heterocycles. The minimum Gasteiger partial charge on any atom is -0.399 e. The first-order chi connectivity index (χ1) is 7.10. The molecule has 0 aliphatic carbocycles. The van der Waals surface area contributed by atoms with Crippen LogP contribution < -0.4 is 11.5 Å². The van der Waals surface area contributed by atoms with Crippen LogP contribution in [0, 0.1) is 0 Å². The standard InChI is InChI=1S/C10H14N4S/c1-10(3-5-15-9(12)14-10)8-6-7(11)2-4-13-8/h2,4,6H,3,5H2,1H3,(H2,11,13)(H2,12,14)/t10-/m0/s1. The fourth-order valence-electron chi connectivity index (χ4n) is 1.61. The fraction of sp³-hybridized carbons (Fsp3) is 0.400. The summed E-state index contributed by atoms with van der Waals surface area (Å²) < 4.78 is 0. The summed E-state index contributed by atoms with van der Waals surface area (Å²) in [4.78, 5) is 8.78. The minimum absolute atomic E-state index is 0.315. The van der Waals surface area contributed by atoms with E-state index in [9.17, 15) is 0 Å². The molecule has 5 heteroatoms. The Hall–Kier alpha value is -1.23. The van der Waals surface area contributed by atoms with Crippen molar-refractivity contribution in [2.75, 3.05) is 11.5 Å². The molecular weight excluding hydrogens is 208 g/mol. The number of hydrogen-bond donors (Lipinski definition) is 2. The van der Waals surface area contributed by atoms with Gasteiger partial charge < -0.3 is 11.5 Å². The summed E-state index contributed by atoms with van der Waals surface area (Å²) in [7, 11) is 0. The van der Waals surface area contributed by atoms with Crippen LogP contribution in [0.2, 0.25) is 0 Å². The van der Waals surface area contributed by atoms with Crippen molar-refractivity contribution in [1.29, 1.82) is 0 Å². The molecule has 0 fully saturated rings. The minimum atomic E-state index is -0.315. The van der Waals surface area contributed by atoms with Gasteiger partial charge in [-0.25, -0.2) is 4.99 Å². The highest BCUT2D eigenvalue weighted by Crippen LogP contribution is 2.34. The van der Waals surface area contributed by atoms with Crippen LogP contribution in [-0.4, -0.2) is 15.9 Å². The monoisotopic (exact) mass is 222 g/mol. The van der Waals surface area contributed by atoms with Gasteiger partial charge in [-0.15, -0.1) is 0 Å². The summed E-state index contributed by atoms with van der Waals surface area (Å²) in [5.74, 6) is 0.975. The molecule has 0 aromatic carbocycles. The van der Waals surface area contributed by atoms with Crippen molar-refractivity contribution in [3.8, 4) is 0 Å². The zero-order chi connectivity index (χ0) is 10.9. The average Bonchev–Trinajstić information content (AvgIpc) is 2.17. The molecule has 1 aliphatic rings. The van der Waals surface area contributed by atoms with Gasteiger partial charge in [-0.3, -0.25) is 4.98 Å². The highest BCUT2D eigenvalue weighted by molar-refractivity contribution is 8.13. The van der Waals surface area contributed by atoms with Crippen molar-refractivity contribution in [2.24, 2.45) is 10.7 Å². The molecule has 2 rings (SSSR count). The molecule has 4 nitrogen and oxygen atoms in total. The third-order valence-corrected chi connectivity index (χ3v) is 3.33. The molecule has 15 heavy (non-hydrogen) atoms. The van der Waals surface area contributed by atoms with Gasteiger partial charge in [-0.2, -0.15) is 0 Å². The van der Waals surface area contributed by atoms with E-state index >= 15 is 0 Å². The topological polar surface area (TPSA) is 77.3 Å². The van der Waals surface area contributed by atoms with Crippen LogP contribution in [0.1, 0.15) is 19.0 Å². The maximum Gasteiger partial charge on any atom is 0.154 e. The molecule has 80 valence electrons. The second-order valence-corrected chi connectivity index (χ2v) is 4.91. The number of nitrogens with zero attached hydrogens (tertiary/aromatic N) is 2. The van der Waals surface area contributed by atoms with E-state index in [1.54, 1.807) is 24.0 Å². The van der Waals surface area contributed by atoms with Gasteiger partial charge in [0, 0.05) is 17.6 Å². The van der Waals surface area contributed by atoms with E-state index in [0.717, 1.165) is 17.9 Å². The van der Waals surface area contributed by atoms with Gasteiger partial charge in [0.05, 0.1) is 5.69 Å². The molecule has 1 aliphatic heterocycles. The van der Waals surface area contributed by atoms with E-state index < -0.39 is 0 Å². The van der Waals surface area contributed by atoms with Crippen molar-refractivity contribution in [2.45, 2.75) is 18.9 Å². The van der Waals surface area contributed by atoms with Crippen LogP contribution in [0.25, 0.3) is 0 Å². The SMILES string of the molecule is C[C@@]1(c2cc(N)ccn2)CCSC(N)=N1. The van der Waals surface area contributed by atoms with Gasteiger partial charge in [0.15, 0.2) is 5.17 Å². The zero-order valence-corrected chi connectivity index (χ0v) is 9.42. The second kappa shape index (κ2) is 3.73. The van der Waals surface area contributed by atoms with Crippen LogP contribution in [-0.2, 0) is 5.54 Å². The lowest BCUT2D eigenvalue weighted by Gasteiger charge is -2.28. The lowest BCUT2D eigenvalue weighted by Crippen LogP contribution is -2.29. The molecule has 1 aromatic rings. The lowest BCUT2D eigenvalue weighted by molar-refractivity contribution is 0.467. The summed E-state index contributed by atoms with van der Waals surface area (Å²) in [6.45, 7) is 2.04. The molecule has 0 saturated carbocycles. The summed E-state index contributed by atoms with van der Waals surface area (Å²) in [6.07, 6.45) is 2.65. The first-order valence-electron chi connectivity index (χ1n) is 4.80. The number of nitrogens with two attached hydrogens (primary N) is 2. The number of rotatable bonds is 1. The smallest absolute Gasteiger partial charge is 0.154 e. The molecule has 0 radical (unpaired) electrons. The Morgan fingerprint density at radius 2 is 2.27 bits per heavy atom. The van der Waals surface area contributed by atoms with E-state index in [0.29, 0.717) is 10.9 Å². The number of nitrogen functional groups attached to an aromatic ring is 1. The highest BCUT2D eigenvalue weighted by atomic mass is 32.2. The van der Waals surface area contributed by atoms with Crippen molar-refractivity contribution in [3.63, 3.8) is 0 Å². The Balaban J connectivity index is 2.41. The number of thioether (sulfide) groups is 1. The Morgan fingerprint density at radius 1 is 1.47 bits per heavy atom. The molecule has 4 N–H and O–H groups in total. The Morgan fingerprint density at radius 3 is 2.93 bits per heavy atom. The van der Waals surface area contributed by atoms with Crippen LogP contribution in [0.3, 0.4) is 0 Å². The summed E-state index contributed by atoms with van der Waals surface area (Å²) in [6, 6.07) is 3.64. The molecule has 1 atom stereocenters. The first kappa shape index (κ1) is 10.3. The molecule has 2 heterocycles. The van der Waals surface area contributed by atoms with Crippen molar-refractivity contribution < 1.29 is 0 Å². The number of hydrogen-bond acceptors (Lipinski definition) is 5. The molecule has 0 saturated heterocycles. The predicted octanol–water partition coefficient (Wildman–Crippen LogP) is 1.33. The number of amidine groups is 1. The molecule has 0 amide bonds. The Bertz CT molecular complexity index is 404. The number of pyridine rings is 1. The third-order valence-electron chi connectivity index (χ3n) is 2.53. The van der Waals surface area contributed by atoms with Crippen molar-refractivity contribution in [1.82, 2.24) is 4.98 Å². The third kappa shape index (κ3) is 2.07. The predicted molar refractivity (Wildman–Crippen MR) is 64.7 cm³/mol. The van der Waals surface area contributed by atoms with Gasteiger partial charge in [-0.1, -0.05) is 11.8 Å². The maximum atomic E-state index is 5.74. The Labute approximate surface area is 93.2 Å². The van der Waals surface area contributed by atoms with Gasteiger partial charge in [-0.05, 0) is 25.5 Å². The molecule has 0 bridgehead atoms. The normalized spacial score (nSPS) is 26.1. The lowest BCUT2D eigenvalue weighted by atomic mass is 9.94. The molecule has 0 spiro atoms. The fourth-order valence-corrected chi connectivity index (χ4v) is 2.59. The van der Waals surface area contributed by atoms with E-state index in [1.807, 2.05) is 13.0 Å². The van der Waals surface area contributed by atoms with Crippen LogP contribution in [0.4, 0.5) is 5.69 Å². The van der Waals surface area contributed by atoms with E-state index in [2.05, 4.69) is 9.98 Å². The van der Waals surface area contributed by atoms with E-state index in [1.165, 1.54) is 0 Å². The molecular formula is C10H14N4S. The Kier molecular flexibility index (Phi) is 2.56. The first-order valence-corrected chi connectivity index (χ1v) is 5.79. The van der Waals surface area contributed by atoms with E-state index in [-0.39, 0.29) is 5.54 Å². The number of aromatic nitrogens is 1. The van der Waals surface area contributed by atoms with Crippen molar-refractivity contribution >= 4 is 22.6 Å². The largest absolute Gasteiger partial charge is 0.399 e. The van der Waals surface area contributed by atoms with E-state index in [4.69, 9.17) is 11.5 Å². The van der Waals surface area contributed by atoms with Gasteiger partial charge in [0.2, 0.25) is 0 Å². The summed E-state index contributed by atoms with van der Waals surface area (Å²) in [5.41, 5.74) is 12.8. The summed E-state index contributed by atoms with van der Waals surface area (Å²) in [5, 5.41) is 0.632. The van der Waals surface area contributed by atoms with Crippen LogP contribution in [0.15, 0.2) is 23.3 Å². The second-order valence-electron chi connectivity index (χ2n) is 3.80. The average molecular weight is 222 g/mol. The number of anilines is 1. The maximum absolute atomic E-state index is 5.74. The highest BCUT2D eigenvalue weighted by Gasteiger charge is 2.30. The van der Waals surface area contributed by atoms with Gasteiger partial charge in [0.1, 0.15) is 5.54 Å². The quantitative estimate of drug-likeness (QED) is 0.751. The van der Waals surface area contributed by atoms with Crippen LogP contribution >= 0.6 is 11.8 Å². The zero-order valence-electron chi connectivity index (χ0n) is 8.60. The van der Waals surface area contributed by atoms with Crippen molar-refractivity contribution in [3.05, 3.63) is 24.0 Å². The van der Waals surface area contributed by atoms with Gasteiger partial charge >= 0.3 is 0 Å².